The third kappa shape index (κ3) is 5.35. The van der Waals surface area contributed by atoms with Crippen molar-refractivity contribution in [3.63, 3.8) is 0 Å². The maximum absolute atomic E-state index is 2.33. The van der Waals surface area contributed by atoms with Crippen molar-refractivity contribution < 1.29 is 0 Å². The molecule has 3 unspecified atom stereocenters. The lowest BCUT2D eigenvalue weighted by Gasteiger charge is -2.40. The van der Waals surface area contributed by atoms with Crippen LogP contribution in [-0.4, -0.2) is 0 Å². The molecule has 0 heterocycles. The third-order valence-corrected chi connectivity index (χ3v) is 20.9. The van der Waals surface area contributed by atoms with Gasteiger partial charge in [0.15, 0.2) is 0 Å². The van der Waals surface area contributed by atoms with E-state index < -0.39 is 0 Å². The summed E-state index contributed by atoms with van der Waals surface area (Å²) >= 11 is 0. The summed E-state index contributed by atoms with van der Waals surface area (Å²) < 4.78 is 0. The maximum Gasteiger partial charge on any atom is -0.0173 e. The largest absolute Gasteiger partial charge is 0.464 e. The fourth-order valence-corrected chi connectivity index (χ4v) is 20.2. The van der Waals surface area contributed by atoms with Crippen LogP contribution in [0.2, 0.25) is 0 Å². The van der Waals surface area contributed by atoms with Crippen molar-refractivity contribution in [3.8, 4) is 0 Å². The summed E-state index contributed by atoms with van der Waals surface area (Å²) in [4.78, 5) is 0. The van der Waals surface area contributed by atoms with Gasteiger partial charge in [-0.3, -0.25) is 0 Å². The molecule has 0 bridgehead atoms. The van der Waals surface area contributed by atoms with Gasteiger partial charge in [0, 0.05) is 0 Å². The number of hydrogen-bond donors (Lipinski definition) is 0. The average molecular weight is 433 g/mol. The molecule has 4 aromatic rings. The Balaban J connectivity index is 1.76. The minimum Gasteiger partial charge on any atom is -0.464 e. The minimum absolute atomic E-state index is 0.315. The number of hydrogen-bond acceptors (Lipinski definition) is 0. The lowest BCUT2D eigenvalue weighted by atomic mass is 10.4. The molecular formula is C24H21P4-. The molecule has 0 spiro atoms. The molecule has 0 saturated carbocycles. The zero-order valence-electron chi connectivity index (χ0n) is 15.4. The van der Waals surface area contributed by atoms with Gasteiger partial charge in [-0.15, -0.1) is 0 Å². The quantitative estimate of drug-likeness (QED) is 0.287. The highest BCUT2D eigenvalue weighted by molar-refractivity contribution is 8.77. The van der Waals surface area contributed by atoms with E-state index in [-0.39, 0.29) is 14.6 Å². The van der Waals surface area contributed by atoms with Crippen LogP contribution in [0.15, 0.2) is 121 Å². The van der Waals surface area contributed by atoms with Gasteiger partial charge in [0.2, 0.25) is 0 Å². The average Bonchev–Trinajstić information content (AvgIpc) is 2.79. The Kier molecular flexibility index (Phi) is 7.39. The summed E-state index contributed by atoms with van der Waals surface area (Å²) in [7, 11) is 1.60. The van der Waals surface area contributed by atoms with E-state index in [9.17, 15) is 0 Å². The van der Waals surface area contributed by atoms with Gasteiger partial charge in [-0.2, -0.15) is 12.6 Å². The molecule has 0 nitrogen and oxygen atoms in total. The molecule has 0 aliphatic rings. The highest BCUT2D eigenvalue weighted by atomic mass is 32.6. The summed E-state index contributed by atoms with van der Waals surface area (Å²) in [6.07, 6.45) is 0. The van der Waals surface area contributed by atoms with E-state index in [2.05, 4.69) is 121 Å². The summed E-state index contributed by atoms with van der Waals surface area (Å²) in [5.74, 6) is 0. The molecule has 4 aromatic carbocycles. The van der Waals surface area contributed by atoms with Gasteiger partial charge in [0.1, 0.15) is 0 Å². The van der Waals surface area contributed by atoms with Crippen LogP contribution in [0.4, 0.5) is 0 Å². The summed E-state index contributed by atoms with van der Waals surface area (Å²) in [5, 5.41) is 5.89. The standard InChI is InChI=1S/C24H21P4/c1-5-13-21(14-6-1)25-27(23-17-9-3-10-18-23)28(24-19-11-4-12-20-24)26-22-15-7-2-8-16-22/h1-20,25H/q-1. The Morgan fingerprint density at radius 1 is 0.500 bits per heavy atom. The smallest absolute Gasteiger partial charge is 0.0173 e. The molecular weight excluding hydrogens is 412 g/mol. The van der Waals surface area contributed by atoms with Crippen molar-refractivity contribution in [1.82, 2.24) is 0 Å². The van der Waals surface area contributed by atoms with Crippen LogP contribution in [-0.2, 0) is 0 Å². The molecule has 4 heteroatoms. The Hall–Kier alpha value is -1.40. The third-order valence-electron chi connectivity index (χ3n) is 4.15. The Labute approximate surface area is 173 Å². The van der Waals surface area contributed by atoms with E-state index in [4.69, 9.17) is 0 Å². The molecule has 0 aliphatic carbocycles. The molecule has 0 amide bonds. The predicted octanol–water partition coefficient (Wildman–Crippen LogP) is 6.62. The van der Waals surface area contributed by atoms with E-state index in [0.717, 1.165) is 8.27 Å². The second-order valence-corrected chi connectivity index (χ2v) is 18.2. The molecule has 28 heavy (non-hydrogen) atoms. The van der Waals surface area contributed by atoms with Gasteiger partial charge >= 0.3 is 0 Å². The fraction of sp³-hybridized carbons (Fsp3) is 0. The van der Waals surface area contributed by atoms with Crippen LogP contribution in [0.5, 0.6) is 0 Å². The molecule has 3 atom stereocenters. The monoisotopic (exact) mass is 433 g/mol. The van der Waals surface area contributed by atoms with E-state index in [1.54, 1.807) is 0 Å². The van der Waals surface area contributed by atoms with Gasteiger partial charge in [0.05, 0.1) is 0 Å². The van der Waals surface area contributed by atoms with Crippen LogP contribution in [0, 0.1) is 0 Å². The normalized spacial score (nSPS) is 13.9. The van der Waals surface area contributed by atoms with E-state index in [1.165, 1.54) is 29.5 Å². The minimum atomic E-state index is -0.346. The fourth-order valence-electron chi connectivity index (χ4n) is 2.81. The van der Waals surface area contributed by atoms with Gasteiger partial charge in [-0.05, 0) is 23.2 Å². The SMILES string of the molecule is c1ccc([P-]P(c2ccccc2)P(Pc2ccccc2)c2ccccc2)cc1. The second kappa shape index (κ2) is 10.4. The van der Waals surface area contributed by atoms with Gasteiger partial charge in [0.25, 0.3) is 0 Å². The molecule has 4 rings (SSSR count). The molecule has 138 valence electrons. The molecule has 0 N–H and O–H groups in total. The van der Waals surface area contributed by atoms with E-state index >= 15 is 0 Å². The first-order valence-corrected chi connectivity index (χ1v) is 16.0. The topological polar surface area (TPSA) is 0 Å². The molecule has 0 aromatic heterocycles. The van der Waals surface area contributed by atoms with Gasteiger partial charge in [-0.25, -0.2) is 0 Å². The molecule has 0 aliphatic heterocycles. The van der Waals surface area contributed by atoms with Gasteiger partial charge < -0.3 is 8.27 Å². The first kappa shape index (κ1) is 19.9. The van der Waals surface area contributed by atoms with Crippen molar-refractivity contribution in [1.29, 1.82) is 0 Å². The molecule has 0 saturated heterocycles. The lowest BCUT2D eigenvalue weighted by molar-refractivity contribution is 1.77. The first-order chi connectivity index (χ1) is 13.9. The molecule has 0 fully saturated rings. The summed E-state index contributed by atoms with van der Waals surface area (Å²) in [5.41, 5.74) is 0. The lowest BCUT2D eigenvalue weighted by Crippen LogP contribution is -2.05. The highest BCUT2D eigenvalue weighted by Gasteiger charge is 2.17. The zero-order valence-corrected chi connectivity index (χ0v) is 19.1. The highest BCUT2D eigenvalue weighted by Crippen LogP contribution is 2.84. The van der Waals surface area contributed by atoms with E-state index in [0.29, 0.717) is 0 Å². The zero-order chi connectivity index (χ0) is 19.0. The molecule has 0 radical (unpaired) electrons. The number of benzene rings is 4. The van der Waals surface area contributed by atoms with Crippen molar-refractivity contribution in [2.75, 3.05) is 0 Å². The maximum atomic E-state index is 2.33. The Morgan fingerprint density at radius 3 is 1.54 bits per heavy atom. The summed E-state index contributed by atoms with van der Waals surface area (Å²) in [6.45, 7) is 0. The van der Waals surface area contributed by atoms with Crippen LogP contribution >= 0.6 is 31.1 Å². The predicted molar refractivity (Wildman–Crippen MR) is 133 cm³/mol. The van der Waals surface area contributed by atoms with Crippen molar-refractivity contribution in [2.45, 2.75) is 0 Å². The van der Waals surface area contributed by atoms with Crippen LogP contribution in [0.1, 0.15) is 0 Å². The van der Waals surface area contributed by atoms with Crippen LogP contribution in [0.3, 0.4) is 0 Å². The van der Waals surface area contributed by atoms with Crippen molar-refractivity contribution >= 4 is 52.4 Å². The second-order valence-electron chi connectivity index (χ2n) is 6.19. The Bertz CT molecular complexity index is 877. The first-order valence-electron chi connectivity index (χ1n) is 9.19. The Morgan fingerprint density at radius 2 is 0.964 bits per heavy atom. The van der Waals surface area contributed by atoms with E-state index in [1.807, 2.05) is 0 Å². The van der Waals surface area contributed by atoms with Crippen LogP contribution in [0.25, 0.3) is 0 Å². The number of rotatable bonds is 7. The van der Waals surface area contributed by atoms with Crippen molar-refractivity contribution in [3.05, 3.63) is 121 Å². The van der Waals surface area contributed by atoms with Crippen LogP contribution < -0.4 is 21.2 Å². The van der Waals surface area contributed by atoms with Gasteiger partial charge in [-0.1, -0.05) is 130 Å². The summed E-state index contributed by atoms with van der Waals surface area (Å²) in [6, 6.07) is 44.3. The van der Waals surface area contributed by atoms with Crippen molar-refractivity contribution in [2.24, 2.45) is 0 Å².